The summed E-state index contributed by atoms with van der Waals surface area (Å²) in [6, 6.07) is 8.85. The predicted molar refractivity (Wildman–Crippen MR) is 87.7 cm³/mol. The Balaban J connectivity index is 1.92. The Morgan fingerprint density at radius 2 is 2.14 bits per heavy atom. The van der Waals surface area contributed by atoms with Crippen molar-refractivity contribution < 1.29 is 9.53 Å². The van der Waals surface area contributed by atoms with Crippen molar-refractivity contribution in [2.75, 3.05) is 12.4 Å². The number of aryl methyl sites for hydroxylation is 1. The number of hydrogen-bond donors (Lipinski definition) is 1. The number of benzene rings is 1. The van der Waals surface area contributed by atoms with Crippen molar-refractivity contribution in [2.24, 2.45) is 0 Å². The van der Waals surface area contributed by atoms with Gasteiger partial charge in [-0.15, -0.1) is 11.8 Å². The third-order valence-corrected chi connectivity index (χ3v) is 4.96. The lowest BCUT2D eigenvalue weighted by Crippen LogP contribution is -2.51. The molecule has 21 heavy (non-hydrogen) atoms. The van der Waals surface area contributed by atoms with Gasteiger partial charge in [-0.05, 0) is 51.7 Å². The van der Waals surface area contributed by atoms with Gasteiger partial charge >= 0.3 is 5.97 Å². The highest BCUT2D eigenvalue weighted by atomic mass is 32.2. The van der Waals surface area contributed by atoms with E-state index in [9.17, 15) is 4.79 Å². The first-order valence-electron chi connectivity index (χ1n) is 7.68. The normalized spacial score (nSPS) is 17.3. The number of rotatable bonds is 8. The Kier molecular flexibility index (Phi) is 5.71. The zero-order chi connectivity index (χ0) is 15.3. The SMILES string of the molecule is CCOC(=O)C(C)(CCSc1ccccc1C)NC1CC1. The van der Waals surface area contributed by atoms with Crippen LogP contribution in [0.4, 0.5) is 0 Å². The van der Waals surface area contributed by atoms with E-state index in [4.69, 9.17) is 4.74 Å². The van der Waals surface area contributed by atoms with Gasteiger partial charge < -0.3 is 4.74 Å². The lowest BCUT2D eigenvalue weighted by Gasteiger charge is -2.28. The minimum Gasteiger partial charge on any atom is -0.465 e. The van der Waals surface area contributed by atoms with E-state index < -0.39 is 5.54 Å². The Morgan fingerprint density at radius 3 is 2.76 bits per heavy atom. The van der Waals surface area contributed by atoms with Gasteiger partial charge in [-0.2, -0.15) is 0 Å². The van der Waals surface area contributed by atoms with Gasteiger partial charge in [-0.1, -0.05) is 18.2 Å². The van der Waals surface area contributed by atoms with Crippen LogP contribution in [0.3, 0.4) is 0 Å². The number of hydrogen-bond acceptors (Lipinski definition) is 4. The molecule has 1 saturated carbocycles. The second-order valence-electron chi connectivity index (χ2n) is 5.84. The molecule has 0 spiro atoms. The summed E-state index contributed by atoms with van der Waals surface area (Å²) in [5.74, 6) is 0.780. The summed E-state index contributed by atoms with van der Waals surface area (Å²) in [4.78, 5) is 13.5. The summed E-state index contributed by atoms with van der Waals surface area (Å²) in [5, 5.41) is 3.46. The number of esters is 1. The van der Waals surface area contributed by atoms with E-state index in [0.717, 1.165) is 12.2 Å². The van der Waals surface area contributed by atoms with E-state index in [0.29, 0.717) is 12.6 Å². The lowest BCUT2D eigenvalue weighted by molar-refractivity contribution is -0.150. The van der Waals surface area contributed by atoms with Crippen molar-refractivity contribution >= 4 is 17.7 Å². The second-order valence-corrected chi connectivity index (χ2v) is 6.97. The topological polar surface area (TPSA) is 38.3 Å². The van der Waals surface area contributed by atoms with Crippen LogP contribution in [0.1, 0.15) is 38.7 Å². The van der Waals surface area contributed by atoms with Gasteiger partial charge in [-0.3, -0.25) is 10.1 Å². The van der Waals surface area contributed by atoms with E-state index in [1.807, 2.05) is 25.6 Å². The fraction of sp³-hybridized carbons (Fsp3) is 0.588. The Labute approximate surface area is 131 Å². The molecule has 1 aromatic rings. The minimum absolute atomic E-state index is 0.123. The first-order valence-corrected chi connectivity index (χ1v) is 8.67. The molecule has 2 rings (SSSR count). The maximum absolute atomic E-state index is 12.2. The average molecular weight is 307 g/mol. The summed E-state index contributed by atoms with van der Waals surface area (Å²) >= 11 is 1.81. The number of nitrogens with one attached hydrogen (secondary N) is 1. The van der Waals surface area contributed by atoms with Crippen LogP contribution < -0.4 is 5.32 Å². The number of thioether (sulfide) groups is 1. The molecule has 3 nitrogen and oxygen atoms in total. The summed E-state index contributed by atoms with van der Waals surface area (Å²) in [6.07, 6.45) is 3.11. The van der Waals surface area contributed by atoms with Gasteiger partial charge in [0.15, 0.2) is 0 Å². The largest absolute Gasteiger partial charge is 0.465 e. The van der Waals surface area contributed by atoms with Crippen molar-refractivity contribution in [3.8, 4) is 0 Å². The average Bonchev–Trinajstić information content (AvgIpc) is 3.25. The van der Waals surface area contributed by atoms with Gasteiger partial charge in [-0.25, -0.2) is 0 Å². The van der Waals surface area contributed by atoms with Crippen molar-refractivity contribution in [1.29, 1.82) is 0 Å². The predicted octanol–water partition coefficient (Wildman–Crippen LogP) is 3.55. The number of carbonyl (C=O) groups excluding carboxylic acids is 1. The standard InChI is InChI=1S/C17H25NO2S/c1-4-20-16(19)17(3,18-14-9-10-14)11-12-21-15-8-6-5-7-13(15)2/h5-8,14,18H,4,9-12H2,1-3H3. The van der Waals surface area contributed by atoms with Gasteiger partial charge in [0, 0.05) is 16.7 Å². The molecule has 1 aliphatic rings. The molecule has 1 aromatic carbocycles. The van der Waals surface area contributed by atoms with Gasteiger partial charge in [0.05, 0.1) is 6.61 Å². The molecule has 116 valence electrons. The highest BCUT2D eigenvalue weighted by Crippen LogP contribution is 2.28. The third-order valence-electron chi connectivity index (χ3n) is 3.78. The van der Waals surface area contributed by atoms with Crippen molar-refractivity contribution in [2.45, 2.75) is 56.5 Å². The van der Waals surface area contributed by atoms with Gasteiger partial charge in [0.2, 0.25) is 0 Å². The summed E-state index contributed by atoms with van der Waals surface area (Å²) in [5.41, 5.74) is 0.725. The highest BCUT2D eigenvalue weighted by molar-refractivity contribution is 7.99. The number of ether oxygens (including phenoxy) is 1. The van der Waals surface area contributed by atoms with Crippen molar-refractivity contribution in [3.05, 3.63) is 29.8 Å². The number of carbonyl (C=O) groups is 1. The molecule has 0 amide bonds. The summed E-state index contributed by atoms with van der Waals surface area (Å²) in [7, 11) is 0. The Hall–Kier alpha value is -1.00. The van der Waals surface area contributed by atoms with Crippen LogP contribution in [-0.2, 0) is 9.53 Å². The second kappa shape index (κ2) is 7.32. The molecule has 1 atom stereocenters. The van der Waals surface area contributed by atoms with E-state index >= 15 is 0 Å². The first kappa shape index (κ1) is 16.4. The smallest absolute Gasteiger partial charge is 0.326 e. The van der Waals surface area contributed by atoms with Gasteiger partial charge in [0.1, 0.15) is 5.54 Å². The maximum atomic E-state index is 12.2. The van der Waals surface area contributed by atoms with Crippen molar-refractivity contribution in [3.63, 3.8) is 0 Å². The molecule has 1 aliphatic carbocycles. The Morgan fingerprint density at radius 1 is 1.43 bits per heavy atom. The monoisotopic (exact) mass is 307 g/mol. The van der Waals surface area contributed by atoms with E-state index in [1.54, 1.807) is 0 Å². The molecule has 1 N–H and O–H groups in total. The first-order chi connectivity index (χ1) is 10.0. The third kappa shape index (κ3) is 4.75. The Bertz CT molecular complexity index is 487. The highest BCUT2D eigenvalue weighted by Gasteiger charge is 2.39. The maximum Gasteiger partial charge on any atom is 0.326 e. The molecule has 0 aromatic heterocycles. The zero-order valence-electron chi connectivity index (χ0n) is 13.1. The zero-order valence-corrected chi connectivity index (χ0v) is 14.0. The molecular weight excluding hydrogens is 282 g/mol. The van der Waals surface area contributed by atoms with E-state index in [2.05, 4.69) is 36.5 Å². The molecular formula is C17H25NO2S. The van der Waals surface area contributed by atoms with Crippen LogP contribution in [0.15, 0.2) is 29.2 Å². The van der Waals surface area contributed by atoms with Crippen LogP contribution in [0.25, 0.3) is 0 Å². The van der Waals surface area contributed by atoms with Crippen LogP contribution in [0.2, 0.25) is 0 Å². The molecule has 0 saturated heterocycles. The molecule has 4 heteroatoms. The molecule has 0 aliphatic heterocycles. The molecule has 0 heterocycles. The summed E-state index contributed by atoms with van der Waals surface area (Å²) < 4.78 is 5.25. The van der Waals surface area contributed by atoms with Crippen molar-refractivity contribution in [1.82, 2.24) is 5.32 Å². The van der Waals surface area contributed by atoms with Crippen LogP contribution in [-0.4, -0.2) is 29.9 Å². The molecule has 1 fully saturated rings. The van der Waals surface area contributed by atoms with Crippen LogP contribution >= 0.6 is 11.8 Å². The molecule has 0 radical (unpaired) electrons. The fourth-order valence-corrected chi connectivity index (χ4v) is 3.49. The minimum atomic E-state index is -0.563. The van der Waals surface area contributed by atoms with E-state index in [-0.39, 0.29) is 5.97 Å². The lowest BCUT2D eigenvalue weighted by atomic mass is 9.99. The summed E-state index contributed by atoms with van der Waals surface area (Å²) in [6.45, 7) is 6.39. The fourth-order valence-electron chi connectivity index (χ4n) is 2.29. The van der Waals surface area contributed by atoms with E-state index in [1.165, 1.54) is 23.3 Å². The van der Waals surface area contributed by atoms with Crippen LogP contribution in [0, 0.1) is 6.92 Å². The van der Waals surface area contributed by atoms with Crippen LogP contribution in [0.5, 0.6) is 0 Å². The van der Waals surface area contributed by atoms with Gasteiger partial charge in [0.25, 0.3) is 0 Å². The molecule has 0 bridgehead atoms. The molecule has 1 unspecified atom stereocenters. The quantitative estimate of drug-likeness (QED) is 0.589.